The number of nitriles is 1. The van der Waals surface area contributed by atoms with E-state index in [0.29, 0.717) is 23.4 Å². The third-order valence-electron chi connectivity index (χ3n) is 5.86. The second-order valence-electron chi connectivity index (χ2n) is 7.72. The molecule has 0 saturated carbocycles. The molecule has 4 aromatic rings. The van der Waals surface area contributed by atoms with Gasteiger partial charge in [0.15, 0.2) is 0 Å². The van der Waals surface area contributed by atoms with Crippen LogP contribution < -0.4 is 5.73 Å². The predicted octanol–water partition coefficient (Wildman–Crippen LogP) is 4.30. The maximum absolute atomic E-state index is 13.1. The lowest BCUT2D eigenvalue weighted by atomic mass is 9.94. The number of hydrogen-bond donors (Lipinski definition) is 2. The van der Waals surface area contributed by atoms with Crippen LogP contribution in [0.3, 0.4) is 0 Å². The molecule has 2 aromatic carbocycles. The standard InChI is InChI=1S/C25H20N6O/c1-2-15(11-26)13-31-14-20-18(6-7-21(27)23(20)25(31)32)16-5-8-22-19(10-16)24(30-29-22)17-4-3-9-28-12-17/h2-10,12H,13-14,27H2,1H3,(H,29,30)/b15-2+. The Balaban J connectivity index is 1.61. The van der Waals surface area contributed by atoms with Gasteiger partial charge in [0.05, 0.1) is 23.7 Å². The van der Waals surface area contributed by atoms with E-state index >= 15 is 0 Å². The van der Waals surface area contributed by atoms with Crippen molar-refractivity contribution in [3.8, 4) is 28.5 Å². The summed E-state index contributed by atoms with van der Waals surface area (Å²) in [5.41, 5.74) is 13.2. The number of allylic oxidation sites excluding steroid dienone is 1. The smallest absolute Gasteiger partial charge is 0.256 e. The minimum atomic E-state index is -0.144. The number of pyridine rings is 1. The van der Waals surface area contributed by atoms with Crippen LogP contribution in [0, 0.1) is 11.3 Å². The van der Waals surface area contributed by atoms with E-state index in [1.807, 2.05) is 30.3 Å². The van der Waals surface area contributed by atoms with Crippen LogP contribution in [-0.4, -0.2) is 32.5 Å². The fraction of sp³-hybridized carbons (Fsp3) is 0.120. The van der Waals surface area contributed by atoms with Gasteiger partial charge in [-0.25, -0.2) is 0 Å². The van der Waals surface area contributed by atoms with E-state index in [0.717, 1.165) is 38.9 Å². The molecule has 1 aliphatic rings. The van der Waals surface area contributed by atoms with E-state index in [-0.39, 0.29) is 12.5 Å². The predicted molar refractivity (Wildman–Crippen MR) is 123 cm³/mol. The highest BCUT2D eigenvalue weighted by Gasteiger charge is 2.32. The van der Waals surface area contributed by atoms with Gasteiger partial charge in [-0.05, 0) is 53.9 Å². The number of amides is 1. The number of hydrogen-bond acceptors (Lipinski definition) is 5. The lowest BCUT2D eigenvalue weighted by molar-refractivity contribution is 0.0794. The molecule has 3 N–H and O–H groups in total. The molecule has 2 aromatic heterocycles. The monoisotopic (exact) mass is 420 g/mol. The first kappa shape index (κ1) is 19.5. The van der Waals surface area contributed by atoms with E-state index in [4.69, 9.17) is 5.73 Å². The highest BCUT2D eigenvalue weighted by molar-refractivity contribution is 6.06. The number of H-pyrrole nitrogens is 1. The van der Waals surface area contributed by atoms with Crippen molar-refractivity contribution in [3.05, 3.63) is 77.6 Å². The van der Waals surface area contributed by atoms with Gasteiger partial charge >= 0.3 is 0 Å². The lowest BCUT2D eigenvalue weighted by Gasteiger charge is -2.14. The molecule has 0 radical (unpaired) electrons. The van der Waals surface area contributed by atoms with Crippen molar-refractivity contribution in [2.24, 2.45) is 0 Å². The lowest BCUT2D eigenvalue weighted by Crippen LogP contribution is -2.26. The summed E-state index contributed by atoms with van der Waals surface area (Å²) in [6, 6.07) is 15.8. The number of fused-ring (bicyclic) bond motifs is 2. The topological polar surface area (TPSA) is 112 Å². The number of benzene rings is 2. The maximum atomic E-state index is 13.1. The molecular weight excluding hydrogens is 400 g/mol. The van der Waals surface area contributed by atoms with Crippen LogP contribution in [0.25, 0.3) is 33.3 Å². The number of nitrogen functional groups attached to an aromatic ring is 1. The van der Waals surface area contributed by atoms with Gasteiger partial charge in [-0.3, -0.25) is 14.9 Å². The zero-order chi connectivity index (χ0) is 22.2. The Bertz CT molecular complexity index is 1430. The molecule has 3 heterocycles. The van der Waals surface area contributed by atoms with Crippen LogP contribution >= 0.6 is 0 Å². The Labute approximate surface area is 184 Å². The van der Waals surface area contributed by atoms with Crippen LogP contribution in [0.15, 0.2) is 66.5 Å². The molecule has 0 fully saturated rings. The van der Waals surface area contributed by atoms with Crippen molar-refractivity contribution in [1.29, 1.82) is 5.26 Å². The van der Waals surface area contributed by atoms with E-state index in [2.05, 4.69) is 27.3 Å². The van der Waals surface area contributed by atoms with E-state index in [9.17, 15) is 10.1 Å². The normalized spacial score (nSPS) is 13.4. The third kappa shape index (κ3) is 3.10. The molecule has 0 atom stereocenters. The summed E-state index contributed by atoms with van der Waals surface area (Å²) in [6.07, 6.45) is 5.25. The van der Waals surface area contributed by atoms with Gasteiger partial charge in [-0.1, -0.05) is 18.2 Å². The number of nitrogens with two attached hydrogens (primary N) is 1. The number of aromatic nitrogens is 3. The van der Waals surface area contributed by atoms with Crippen molar-refractivity contribution in [2.45, 2.75) is 13.5 Å². The van der Waals surface area contributed by atoms with Gasteiger partial charge in [0.25, 0.3) is 5.91 Å². The number of aromatic amines is 1. The Morgan fingerprint density at radius 2 is 2.16 bits per heavy atom. The zero-order valence-electron chi connectivity index (χ0n) is 17.5. The number of carbonyl (C=O) groups is 1. The van der Waals surface area contributed by atoms with Crippen LogP contribution in [0.2, 0.25) is 0 Å². The van der Waals surface area contributed by atoms with Crippen molar-refractivity contribution in [2.75, 3.05) is 12.3 Å². The van der Waals surface area contributed by atoms with Crippen LogP contribution in [0.4, 0.5) is 5.69 Å². The first-order valence-corrected chi connectivity index (χ1v) is 10.3. The summed E-state index contributed by atoms with van der Waals surface area (Å²) >= 11 is 0. The maximum Gasteiger partial charge on any atom is 0.256 e. The molecule has 0 unspecified atom stereocenters. The third-order valence-corrected chi connectivity index (χ3v) is 5.86. The van der Waals surface area contributed by atoms with Gasteiger partial charge in [-0.2, -0.15) is 10.4 Å². The van der Waals surface area contributed by atoms with Crippen molar-refractivity contribution in [3.63, 3.8) is 0 Å². The number of rotatable bonds is 4. The average Bonchev–Trinajstić information content (AvgIpc) is 3.39. The van der Waals surface area contributed by atoms with Gasteiger partial charge in [0.1, 0.15) is 5.69 Å². The fourth-order valence-electron chi connectivity index (χ4n) is 4.20. The average molecular weight is 420 g/mol. The van der Waals surface area contributed by atoms with Crippen molar-refractivity contribution in [1.82, 2.24) is 20.1 Å². The van der Waals surface area contributed by atoms with E-state index in [1.165, 1.54) is 0 Å². The molecule has 7 heteroatoms. The zero-order valence-corrected chi connectivity index (χ0v) is 17.5. The molecule has 32 heavy (non-hydrogen) atoms. The molecule has 0 aliphatic carbocycles. The van der Waals surface area contributed by atoms with Crippen molar-refractivity contribution < 1.29 is 4.79 Å². The summed E-state index contributed by atoms with van der Waals surface area (Å²) in [6.45, 7) is 2.48. The van der Waals surface area contributed by atoms with Gasteiger partial charge in [-0.15, -0.1) is 0 Å². The highest BCUT2D eigenvalue weighted by Crippen LogP contribution is 2.38. The number of nitrogens with zero attached hydrogens (tertiary/aromatic N) is 4. The molecule has 0 spiro atoms. The highest BCUT2D eigenvalue weighted by atomic mass is 16.2. The Morgan fingerprint density at radius 1 is 1.28 bits per heavy atom. The van der Waals surface area contributed by atoms with Gasteiger partial charge < -0.3 is 10.6 Å². The minimum Gasteiger partial charge on any atom is -0.398 e. The summed E-state index contributed by atoms with van der Waals surface area (Å²) in [7, 11) is 0. The Kier molecular flexibility index (Phi) is 4.68. The Morgan fingerprint density at radius 3 is 2.91 bits per heavy atom. The number of nitrogens with one attached hydrogen (secondary N) is 1. The first-order chi connectivity index (χ1) is 15.6. The molecule has 1 aliphatic heterocycles. The molecule has 1 amide bonds. The Hall–Kier alpha value is -4.44. The van der Waals surface area contributed by atoms with E-state index in [1.54, 1.807) is 36.4 Å². The number of anilines is 1. The largest absolute Gasteiger partial charge is 0.398 e. The molecule has 0 saturated heterocycles. The second kappa shape index (κ2) is 7.67. The molecular formula is C25H20N6O. The second-order valence-corrected chi connectivity index (χ2v) is 7.72. The van der Waals surface area contributed by atoms with Crippen LogP contribution in [-0.2, 0) is 6.54 Å². The summed E-state index contributed by atoms with van der Waals surface area (Å²) in [5, 5.41) is 17.8. The molecule has 5 rings (SSSR count). The minimum absolute atomic E-state index is 0.144. The quantitative estimate of drug-likeness (QED) is 0.378. The summed E-state index contributed by atoms with van der Waals surface area (Å²) < 4.78 is 0. The van der Waals surface area contributed by atoms with Crippen LogP contribution in [0.1, 0.15) is 22.8 Å². The van der Waals surface area contributed by atoms with Crippen molar-refractivity contribution >= 4 is 22.5 Å². The number of carbonyl (C=O) groups excluding carboxylic acids is 1. The SMILES string of the molecule is C/C=C(\C#N)CN1Cc2c(-c3ccc4[nH]nc(-c5cccnc5)c4c3)ccc(N)c2C1=O. The molecule has 7 nitrogen and oxygen atoms in total. The molecule has 0 bridgehead atoms. The van der Waals surface area contributed by atoms with Gasteiger partial charge in [0, 0.05) is 41.1 Å². The van der Waals surface area contributed by atoms with Gasteiger partial charge in [0.2, 0.25) is 0 Å². The van der Waals surface area contributed by atoms with E-state index < -0.39 is 0 Å². The summed E-state index contributed by atoms with van der Waals surface area (Å²) in [4.78, 5) is 18.9. The summed E-state index contributed by atoms with van der Waals surface area (Å²) in [5.74, 6) is -0.144. The molecule has 156 valence electrons. The first-order valence-electron chi connectivity index (χ1n) is 10.3. The fourth-order valence-corrected chi connectivity index (χ4v) is 4.20. The van der Waals surface area contributed by atoms with Crippen LogP contribution in [0.5, 0.6) is 0 Å².